The van der Waals surface area contributed by atoms with Gasteiger partial charge in [-0.25, -0.2) is 5.06 Å². The van der Waals surface area contributed by atoms with Crippen molar-refractivity contribution in [1.82, 2.24) is 15.3 Å². The lowest BCUT2D eigenvalue weighted by molar-refractivity contribution is -0.158. The first-order valence-electron chi connectivity index (χ1n) is 7.66. The van der Waals surface area contributed by atoms with E-state index < -0.39 is 0 Å². The Morgan fingerprint density at radius 3 is 2.95 bits per heavy atom. The number of aliphatic hydroxyl groups excluding tert-OH is 1. The Labute approximate surface area is 125 Å². The summed E-state index contributed by atoms with van der Waals surface area (Å²) in [5.74, 6) is -0.427. The lowest BCUT2D eigenvalue weighted by atomic mass is 9.98. The van der Waals surface area contributed by atoms with Gasteiger partial charge in [0.25, 0.3) is 0 Å². The van der Waals surface area contributed by atoms with Crippen LogP contribution in [0.5, 0.6) is 0 Å². The van der Waals surface area contributed by atoms with Crippen molar-refractivity contribution in [1.29, 1.82) is 0 Å². The summed E-state index contributed by atoms with van der Waals surface area (Å²) in [5, 5.41) is 22.3. The molecule has 0 aromatic carbocycles. The fourth-order valence-electron chi connectivity index (χ4n) is 2.70. The molecule has 0 aromatic rings. The first-order valence-corrected chi connectivity index (χ1v) is 7.66. The molecular weight excluding hydrogens is 274 g/mol. The molecule has 1 rings (SSSR count). The maximum Gasteiger partial charge on any atom is 0.233 e. The van der Waals surface area contributed by atoms with Gasteiger partial charge >= 0.3 is 0 Å². The lowest BCUT2D eigenvalue weighted by Crippen LogP contribution is -2.56. The standard InChI is InChI=1S/C14H27N3O4/c1-2-3-4-12(10-16(21)11-19)14(20)17-7-6-15-9-13(17)5-8-18/h11-13,15,18,21H,2-10H2,1H3/t12-,13?/m1/s1. The molecule has 122 valence electrons. The van der Waals surface area contributed by atoms with E-state index in [1.165, 1.54) is 0 Å². The van der Waals surface area contributed by atoms with Crippen molar-refractivity contribution in [2.45, 2.75) is 38.6 Å². The van der Waals surface area contributed by atoms with E-state index in [0.717, 1.165) is 19.4 Å². The number of carbonyl (C=O) groups is 2. The van der Waals surface area contributed by atoms with E-state index in [9.17, 15) is 14.8 Å². The molecule has 1 aliphatic rings. The van der Waals surface area contributed by atoms with Gasteiger partial charge in [0.15, 0.2) is 0 Å². The van der Waals surface area contributed by atoms with Gasteiger partial charge in [0.2, 0.25) is 12.3 Å². The normalized spacial score (nSPS) is 20.1. The number of piperazine rings is 1. The van der Waals surface area contributed by atoms with E-state index in [-0.39, 0.29) is 31.0 Å². The Hall–Kier alpha value is -1.18. The molecule has 1 aliphatic heterocycles. The second-order valence-corrected chi connectivity index (χ2v) is 5.47. The third-order valence-electron chi connectivity index (χ3n) is 3.88. The SMILES string of the molecule is CCCC[C@H](CN(O)C=O)C(=O)N1CCNCC1CCO. The molecule has 0 bridgehead atoms. The number of amides is 2. The molecule has 1 unspecified atom stereocenters. The summed E-state index contributed by atoms with van der Waals surface area (Å²) in [4.78, 5) is 25.1. The largest absolute Gasteiger partial charge is 0.396 e. The molecule has 7 nitrogen and oxygen atoms in total. The quantitative estimate of drug-likeness (QED) is 0.312. The number of hydroxylamine groups is 2. The van der Waals surface area contributed by atoms with E-state index >= 15 is 0 Å². The average molecular weight is 301 g/mol. The molecule has 1 saturated heterocycles. The number of nitrogens with zero attached hydrogens (tertiary/aromatic N) is 2. The topological polar surface area (TPSA) is 93.1 Å². The van der Waals surface area contributed by atoms with Crippen molar-refractivity contribution in [3.8, 4) is 0 Å². The number of aliphatic hydroxyl groups is 1. The number of carbonyl (C=O) groups excluding carboxylic acids is 2. The van der Waals surface area contributed by atoms with Gasteiger partial charge in [-0.2, -0.15) is 0 Å². The third-order valence-corrected chi connectivity index (χ3v) is 3.88. The molecule has 2 amide bonds. The molecule has 0 aliphatic carbocycles. The number of hydrogen-bond donors (Lipinski definition) is 3. The highest BCUT2D eigenvalue weighted by molar-refractivity contribution is 5.79. The highest BCUT2D eigenvalue weighted by atomic mass is 16.5. The molecule has 0 radical (unpaired) electrons. The van der Waals surface area contributed by atoms with Crippen LogP contribution in [0.15, 0.2) is 0 Å². The third kappa shape index (κ3) is 5.61. The van der Waals surface area contributed by atoms with Crippen LogP contribution in [0.2, 0.25) is 0 Å². The minimum atomic E-state index is -0.389. The summed E-state index contributed by atoms with van der Waals surface area (Å²) in [7, 11) is 0. The maximum absolute atomic E-state index is 12.7. The number of rotatable bonds is 9. The molecule has 7 heteroatoms. The van der Waals surface area contributed by atoms with E-state index in [2.05, 4.69) is 5.32 Å². The van der Waals surface area contributed by atoms with E-state index in [0.29, 0.717) is 37.4 Å². The Bertz CT molecular complexity index is 325. The van der Waals surface area contributed by atoms with E-state index in [4.69, 9.17) is 5.11 Å². The summed E-state index contributed by atoms with van der Waals surface area (Å²) >= 11 is 0. The summed E-state index contributed by atoms with van der Waals surface area (Å²) in [5.41, 5.74) is 0. The smallest absolute Gasteiger partial charge is 0.233 e. The monoisotopic (exact) mass is 301 g/mol. The first-order chi connectivity index (χ1) is 10.1. The zero-order valence-electron chi connectivity index (χ0n) is 12.7. The van der Waals surface area contributed by atoms with E-state index in [1.807, 2.05) is 6.92 Å². The molecule has 3 N–H and O–H groups in total. The molecule has 1 heterocycles. The molecule has 1 fully saturated rings. The van der Waals surface area contributed by atoms with Gasteiger partial charge in [-0.15, -0.1) is 0 Å². The minimum Gasteiger partial charge on any atom is -0.396 e. The van der Waals surface area contributed by atoms with Crippen molar-refractivity contribution >= 4 is 12.3 Å². The van der Waals surface area contributed by atoms with Crippen LogP contribution in [0.25, 0.3) is 0 Å². The number of unbranched alkanes of at least 4 members (excludes halogenated alkanes) is 1. The van der Waals surface area contributed by atoms with E-state index in [1.54, 1.807) is 4.90 Å². The fraction of sp³-hybridized carbons (Fsp3) is 0.857. The summed E-state index contributed by atoms with van der Waals surface area (Å²) in [6.07, 6.45) is 3.35. The summed E-state index contributed by atoms with van der Waals surface area (Å²) in [6.45, 7) is 4.10. The fourth-order valence-corrected chi connectivity index (χ4v) is 2.70. The maximum atomic E-state index is 12.7. The zero-order valence-corrected chi connectivity index (χ0v) is 12.7. The van der Waals surface area contributed by atoms with Crippen LogP contribution in [0.3, 0.4) is 0 Å². The van der Waals surface area contributed by atoms with Gasteiger partial charge < -0.3 is 15.3 Å². The molecule has 2 atom stereocenters. The highest BCUT2D eigenvalue weighted by Gasteiger charge is 2.31. The van der Waals surface area contributed by atoms with Crippen LogP contribution < -0.4 is 5.32 Å². The van der Waals surface area contributed by atoms with Crippen LogP contribution in [-0.2, 0) is 9.59 Å². The van der Waals surface area contributed by atoms with Crippen molar-refractivity contribution in [2.24, 2.45) is 5.92 Å². The zero-order chi connectivity index (χ0) is 15.7. The van der Waals surface area contributed by atoms with Crippen LogP contribution in [0.4, 0.5) is 0 Å². The average Bonchev–Trinajstić information content (AvgIpc) is 2.51. The van der Waals surface area contributed by atoms with Crippen molar-refractivity contribution in [3.63, 3.8) is 0 Å². The van der Waals surface area contributed by atoms with Gasteiger partial charge in [0.1, 0.15) is 0 Å². The molecule has 0 spiro atoms. The highest BCUT2D eigenvalue weighted by Crippen LogP contribution is 2.17. The van der Waals surface area contributed by atoms with Crippen molar-refractivity contribution in [2.75, 3.05) is 32.8 Å². The van der Waals surface area contributed by atoms with Gasteiger partial charge in [-0.1, -0.05) is 19.8 Å². The van der Waals surface area contributed by atoms with Gasteiger partial charge in [0, 0.05) is 32.3 Å². The van der Waals surface area contributed by atoms with Gasteiger partial charge in [0.05, 0.1) is 12.5 Å². The molecular formula is C14H27N3O4. The van der Waals surface area contributed by atoms with Crippen LogP contribution in [0, 0.1) is 5.92 Å². The predicted molar refractivity (Wildman–Crippen MR) is 77.6 cm³/mol. The van der Waals surface area contributed by atoms with Gasteiger partial charge in [-0.3, -0.25) is 14.8 Å². The Kier molecular flexibility index (Phi) is 8.26. The first kappa shape index (κ1) is 17.9. The minimum absolute atomic E-state index is 0.0243. The van der Waals surface area contributed by atoms with Crippen molar-refractivity contribution < 1.29 is 19.9 Å². The van der Waals surface area contributed by atoms with Crippen molar-refractivity contribution in [3.05, 3.63) is 0 Å². The predicted octanol–water partition coefficient (Wildman–Crippen LogP) is -0.177. The second-order valence-electron chi connectivity index (χ2n) is 5.47. The van der Waals surface area contributed by atoms with Crippen LogP contribution in [0.1, 0.15) is 32.6 Å². The van der Waals surface area contributed by atoms with Crippen LogP contribution >= 0.6 is 0 Å². The number of hydrogen-bond acceptors (Lipinski definition) is 5. The summed E-state index contributed by atoms with van der Waals surface area (Å²) < 4.78 is 0. The Balaban J connectivity index is 2.72. The lowest BCUT2D eigenvalue weighted by Gasteiger charge is -2.38. The van der Waals surface area contributed by atoms with Crippen LogP contribution in [-0.4, -0.2) is 71.4 Å². The summed E-state index contributed by atoms with van der Waals surface area (Å²) in [6, 6.07) is -0.0243. The molecule has 21 heavy (non-hydrogen) atoms. The Morgan fingerprint density at radius 2 is 2.33 bits per heavy atom. The number of nitrogens with one attached hydrogen (secondary N) is 1. The second kappa shape index (κ2) is 9.70. The Morgan fingerprint density at radius 1 is 1.57 bits per heavy atom. The van der Waals surface area contributed by atoms with Gasteiger partial charge in [-0.05, 0) is 12.8 Å². The molecule has 0 aromatic heterocycles. The molecule has 0 saturated carbocycles.